The number of aromatic nitrogens is 2. The molecule has 0 radical (unpaired) electrons. The van der Waals surface area contributed by atoms with Crippen molar-refractivity contribution in [2.45, 2.75) is 44.8 Å². The Balaban J connectivity index is 1.81. The van der Waals surface area contributed by atoms with E-state index in [4.69, 9.17) is 11.6 Å². The van der Waals surface area contributed by atoms with Gasteiger partial charge in [-0.05, 0) is 38.0 Å². The summed E-state index contributed by atoms with van der Waals surface area (Å²) in [5, 5.41) is 4.22. The van der Waals surface area contributed by atoms with Gasteiger partial charge in [-0.1, -0.05) is 36.4 Å². The number of benzene rings is 1. The van der Waals surface area contributed by atoms with Gasteiger partial charge in [0.2, 0.25) is 5.91 Å². The Hall–Kier alpha value is -1.79. The molecular formula is C18H20ClN3O2S. The number of thioether (sulfide) groups is 1. The second-order valence-corrected chi connectivity index (χ2v) is 7.51. The van der Waals surface area contributed by atoms with Crippen LogP contribution in [-0.2, 0) is 11.2 Å². The van der Waals surface area contributed by atoms with Gasteiger partial charge >= 0.3 is 0 Å². The van der Waals surface area contributed by atoms with Crippen LogP contribution in [0, 0.1) is 13.8 Å². The third-order valence-electron chi connectivity index (χ3n) is 4.47. The summed E-state index contributed by atoms with van der Waals surface area (Å²) in [6.45, 7) is 5.68. The van der Waals surface area contributed by atoms with Crippen molar-refractivity contribution < 1.29 is 4.79 Å². The first-order valence-corrected chi connectivity index (χ1v) is 9.58. The van der Waals surface area contributed by atoms with Crippen molar-refractivity contribution in [1.29, 1.82) is 0 Å². The van der Waals surface area contributed by atoms with Gasteiger partial charge in [0.25, 0.3) is 5.56 Å². The van der Waals surface area contributed by atoms with Crippen LogP contribution in [0.15, 0.2) is 28.2 Å². The van der Waals surface area contributed by atoms with E-state index < -0.39 is 0 Å². The van der Waals surface area contributed by atoms with Crippen LogP contribution in [0.4, 0.5) is 5.69 Å². The minimum absolute atomic E-state index is 0.0215. The van der Waals surface area contributed by atoms with Crippen molar-refractivity contribution in [2.24, 2.45) is 0 Å². The molecule has 1 aromatic heterocycles. The molecule has 5 nitrogen and oxygen atoms in total. The molecule has 0 fully saturated rings. The van der Waals surface area contributed by atoms with E-state index >= 15 is 0 Å². The molecular weight excluding hydrogens is 358 g/mol. The molecule has 132 valence electrons. The fraction of sp³-hybridized carbons (Fsp3) is 0.389. The number of rotatable bonds is 4. The number of anilines is 1. The van der Waals surface area contributed by atoms with Gasteiger partial charge in [0.15, 0.2) is 5.16 Å². The lowest BCUT2D eigenvalue weighted by atomic mass is 10.1. The maximum Gasteiger partial charge on any atom is 0.257 e. The van der Waals surface area contributed by atoms with Gasteiger partial charge in [-0.3, -0.25) is 14.2 Å². The lowest BCUT2D eigenvalue weighted by Gasteiger charge is -2.16. The fourth-order valence-corrected chi connectivity index (χ4v) is 4.39. The number of nitrogens with zero attached hydrogens (tertiary/aromatic N) is 2. The van der Waals surface area contributed by atoms with E-state index in [1.807, 2.05) is 26.8 Å². The Morgan fingerprint density at radius 2 is 2.20 bits per heavy atom. The highest BCUT2D eigenvalue weighted by Crippen LogP contribution is 2.33. The van der Waals surface area contributed by atoms with Crippen molar-refractivity contribution in [3.8, 4) is 0 Å². The zero-order valence-corrected chi connectivity index (χ0v) is 16.0. The number of amides is 1. The zero-order valence-electron chi connectivity index (χ0n) is 14.4. The quantitative estimate of drug-likeness (QED) is 0.824. The normalized spacial score (nSPS) is 15.9. The largest absolute Gasteiger partial charge is 0.326 e. The highest BCUT2D eigenvalue weighted by molar-refractivity contribution is 7.99. The summed E-state index contributed by atoms with van der Waals surface area (Å²) in [7, 11) is 0. The number of carbonyl (C=O) groups is 1. The molecule has 25 heavy (non-hydrogen) atoms. The van der Waals surface area contributed by atoms with Gasteiger partial charge in [-0.25, -0.2) is 4.98 Å². The Morgan fingerprint density at radius 1 is 1.44 bits per heavy atom. The molecule has 0 saturated heterocycles. The molecule has 2 heterocycles. The third-order valence-corrected chi connectivity index (χ3v) is 5.98. The molecule has 0 saturated carbocycles. The predicted molar refractivity (Wildman–Crippen MR) is 102 cm³/mol. The standard InChI is InChI=1S/C18H20ClN3O2S/c1-4-13-11(3)20-18-22(17(13)24)12(9-25-18)8-16(23)21-15-7-5-6-14(19)10(15)2/h5-7,12H,4,8-9H2,1-3H3,(H,21,23). The van der Waals surface area contributed by atoms with Gasteiger partial charge in [0.1, 0.15) is 0 Å². The smallest absolute Gasteiger partial charge is 0.257 e. The van der Waals surface area contributed by atoms with E-state index in [0.717, 1.165) is 16.8 Å². The summed E-state index contributed by atoms with van der Waals surface area (Å²) in [5.41, 5.74) is 3.02. The van der Waals surface area contributed by atoms with Crippen LogP contribution in [-0.4, -0.2) is 21.2 Å². The minimum atomic E-state index is -0.176. The van der Waals surface area contributed by atoms with Crippen LogP contribution in [0.3, 0.4) is 0 Å². The lowest BCUT2D eigenvalue weighted by Crippen LogP contribution is -2.30. The van der Waals surface area contributed by atoms with Crippen LogP contribution in [0.5, 0.6) is 0 Å². The molecule has 0 spiro atoms. The monoisotopic (exact) mass is 377 g/mol. The fourth-order valence-electron chi connectivity index (χ4n) is 3.04. The summed E-state index contributed by atoms with van der Waals surface area (Å²) in [6.07, 6.45) is 0.878. The molecule has 0 aliphatic carbocycles. The van der Waals surface area contributed by atoms with Crippen LogP contribution in [0.1, 0.15) is 36.2 Å². The van der Waals surface area contributed by atoms with Crippen molar-refractivity contribution in [3.05, 3.63) is 50.4 Å². The molecule has 0 bridgehead atoms. The highest BCUT2D eigenvalue weighted by atomic mass is 35.5. The molecule has 7 heteroatoms. The zero-order chi connectivity index (χ0) is 18.1. The van der Waals surface area contributed by atoms with E-state index in [-0.39, 0.29) is 23.9 Å². The number of fused-ring (bicyclic) bond motifs is 1. The SMILES string of the molecule is CCc1c(C)nc2n(c1=O)C(CC(=O)Nc1cccc(Cl)c1C)CS2. The molecule has 1 aliphatic heterocycles. The van der Waals surface area contributed by atoms with Crippen molar-refractivity contribution in [3.63, 3.8) is 0 Å². The molecule has 1 aliphatic rings. The van der Waals surface area contributed by atoms with E-state index in [0.29, 0.717) is 28.0 Å². The van der Waals surface area contributed by atoms with E-state index in [9.17, 15) is 9.59 Å². The first kappa shape index (κ1) is 18.0. The van der Waals surface area contributed by atoms with Crippen LogP contribution in [0.25, 0.3) is 0 Å². The average molecular weight is 378 g/mol. The number of hydrogen-bond acceptors (Lipinski definition) is 4. The molecule has 1 unspecified atom stereocenters. The third kappa shape index (κ3) is 3.46. The number of nitrogens with one attached hydrogen (secondary N) is 1. The Labute approximate surface area is 155 Å². The second-order valence-electron chi connectivity index (χ2n) is 6.12. The average Bonchev–Trinajstić information content (AvgIpc) is 2.95. The van der Waals surface area contributed by atoms with Gasteiger partial charge in [0, 0.05) is 34.1 Å². The Bertz CT molecular complexity index is 895. The van der Waals surface area contributed by atoms with Crippen molar-refractivity contribution in [2.75, 3.05) is 11.1 Å². The number of hydrogen-bond donors (Lipinski definition) is 1. The number of halogens is 1. The first-order valence-electron chi connectivity index (χ1n) is 8.22. The maximum atomic E-state index is 12.7. The van der Waals surface area contributed by atoms with Crippen LogP contribution >= 0.6 is 23.4 Å². The highest BCUT2D eigenvalue weighted by Gasteiger charge is 2.29. The van der Waals surface area contributed by atoms with Gasteiger partial charge in [-0.2, -0.15) is 0 Å². The molecule has 1 atom stereocenters. The lowest BCUT2D eigenvalue weighted by molar-refractivity contribution is -0.116. The second kappa shape index (κ2) is 7.22. The summed E-state index contributed by atoms with van der Waals surface area (Å²) in [5.74, 6) is 0.547. The van der Waals surface area contributed by atoms with E-state index in [1.54, 1.807) is 16.7 Å². The van der Waals surface area contributed by atoms with Crippen LogP contribution < -0.4 is 10.9 Å². The van der Waals surface area contributed by atoms with E-state index in [2.05, 4.69) is 10.3 Å². The van der Waals surface area contributed by atoms with Gasteiger partial charge < -0.3 is 5.32 Å². The van der Waals surface area contributed by atoms with E-state index in [1.165, 1.54) is 11.8 Å². The molecule has 2 aromatic rings. The molecule has 1 N–H and O–H groups in total. The van der Waals surface area contributed by atoms with Gasteiger partial charge in [-0.15, -0.1) is 0 Å². The summed E-state index contributed by atoms with van der Waals surface area (Å²) in [4.78, 5) is 29.7. The Morgan fingerprint density at radius 3 is 2.92 bits per heavy atom. The summed E-state index contributed by atoms with van der Waals surface area (Å²) in [6, 6.07) is 5.24. The summed E-state index contributed by atoms with van der Waals surface area (Å²) >= 11 is 7.62. The van der Waals surface area contributed by atoms with Crippen LogP contribution in [0.2, 0.25) is 5.02 Å². The Kier molecular flexibility index (Phi) is 5.20. The summed E-state index contributed by atoms with van der Waals surface area (Å²) < 4.78 is 1.68. The number of aryl methyl sites for hydroxylation is 1. The first-order chi connectivity index (χ1) is 11.9. The predicted octanol–water partition coefficient (Wildman–Crippen LogP) is 3.75. The number of carbonyl (C=O) groups excluding carboxylic acids is 1. The van der Waals surface area contributed by atoms with Crippen molar-refractivity contribution in [1.82, 2.24) is 9.55 Å². The molecule has 1 aromatic carbocycles. The maximum absolute atomic E-state index is 12.7. The molecule has 3 rings (SSSR count). The topological polar surface area (TPSA) is 64.0 Å². The minimum Gasteiger partial charge on any atom is -0.326 e. The van der Waals surface area contributed by atoms with Gasteiger partial charge in [0.05, 0.1) is 6.04 Å². The van der Waals surface area contributed by atoms with Crippen molar-refractivity contribution >= 4 is 35.0 Å². The molecule has 1 amide bonds.